The fraction of sp³-hybridized carbons (Fsp3) is 0.111. The van der Waals surface area contributed by atoms with Gasteiger partial charge in [-0.3, -0.25) is 0 Å². The number of aliphatic hydroxyl groups is 1. The molecule has 2 aromatic carbocycles. The first-order valence-electron chi connectivity index (χ1n) is 7.63. The van der Waals surface area contributed by atoms with E-state index in [4.69, 9.17) is 16.0 Å². The van der Waals surface area contributed by atoms with Gasteiger partial charge in [0, 0.05) is 12.1 Å². The number of aliphatic hydroxyl groups excluding tert-OH is 1. The first-order chi connectivity index (χ1) is 12.4. The van der Waals surface area contributed by atoms with E-state index in [0.717, 1.165) is 23.8 Å². The maximum atomic E-state index is 13.2. The van der Waals surface area contributed by atoms with Gasteiger partial charge < -0.3 is 9.52 Å². The molecule has 1 aromatic heterocycles. The van der Waals surface area contributed by atoms with Crippen LogP contribution in [-0.4, -0.2) is 20.1 Å². The van der Waals surface area contributed by atoms with Gasteiger partial charge in [0.1, 0.15) is 11.6 Å². The van der Waals surface area contributed by atoms with E-state index in [9.17, 15) is 17.9 Å². The number of nitrogens with one attached hydrogen (secondary N) is 1. The van der Waals surface area contributed by atoms with Gasteiger partial charge in [0.25, 0.3) is 0 Å². The number of furan rings is 1. The minimum atomic E-state index is -3.92. The molecular weight excluding hydrogens is 381 g/mol. The Balaban J connectivity index is 1.67. The zero-order chi connectivity index (χ0) is 18.7. The molecule has 0 amide bonds. The quantitative estimate of drug-likeness (QED) is 0.666. The van der Waals surface area contributed by atoms with Crippen LogP contribution in [0.3, 0.4) is 0 Å². The van der Waals surface area contributed by atoms with Crippen LogP contribution in [0.2, 0.25) is 5.02 Å². The molecule has 2 N–H and O–H groups in total. The van der Waals surface area contributed by atoms with Crippen LogP contribution >= 0.6 is 11.6 Å². The van der Waals surface area contributed by atoms with Gasteiger partial charge in [-0.1, -0.05) is 35.9 Å². The molecule has 0 aliphatic rings. The van der Waals surface area contributed by atoms with Gasteiger partial charge in [0.15, 0.2) is 0 Å². The van der Waals surface area contributed by atoms with Crippen LogP contribution in [0.25, 0.3) is 11.3 Å². The summed E-state index contributed by atoms with van der Waals surface area (Å²) in [6, 6.07) is 13.6. The third kappa shape index (κ3) is 4.13. The predicted molar refractivity (Wildman–Crippen MR) is 95.7 cm³/mol. The van der Waals surface area contributed by atoms with E-state index in [2.05, 4.69) is 4.72 Å². The van der Waals surface area contributed by atoms with Crippen molar-refractivity contribution < 1.29 is 22.3 Å². The Kier molecular flexibility index (Phi) is 5.43. The normalized spacial score (nSPS) is 12.9. The third-order valence-electron chi connectivity index (χ3n) is 3.77. The van der Waals surface area contributed by atoms with Crippen molar-refractivity contribution >= 4 is 21.6 Å². The molecule has 0 aliphatic carbocycles. The first kappa shape index (κ1) is 18.6. The van der Waals surface area contributed by atoms with Gasteiger partial charge in [0.05, 0.1) is 22.3 Å². The predicted octanol–water partition coefficient (Wildman–Crippen LogP) is 3.75. The Morgan fingerprint density at radius 1 is 1.15 bits per heavy atom. The minimum Gasteiger partial charge on any atom is -0.464 e. The number of hydrogen-bond acceptors (Lipinski definition) is 4. The molecule has 0 saturated carbocycles. The average molecular weight is 396 g/mol. The standard InChI is InChI=1S/C18H15ClFNO4S/c19-15-10-14(7-8-16(15)20)26(23,24)21-11-17(22)12-3-5-13(6-4-12)18-2-1-9-25-18/h1-10,17,21-22H,11H2/t17-/m1/s1. The van der Waals surface area contributed by atoms with Crippen molar-refractivity contribution in [2.75, 3.05) is 6.54 Å². The Morgan fingerprint density at radius 3 is 2.50 bits per heavy atom. The van der Waals surface area contributed by atoms with Crippen LogP contribution in [0, 0.1) is 5.82 Å². The van der Waals surface area contributed by atoms with E-state index >= 15 is 0 Å². The summed E-state index contributed by atoms with van der Waals surface area (Å²) in [5, 5.41) is 9.92. The molecule has 0 bridgehead atoms. The van der Waals surface area contributed by atoms with Crippen LogP contribution < -0.4 is 4.72 Å². The number of halogens is 2. The monoisotopic (exact) mass is 395 g/mol. The summed E-state index contributed by atoms with van der Waals surface area (Å²) < 4.78 is 45.2. The molecule has 3 rings (SSSR count). The summed E-state index contributed by atoms with van der Waals surface area (Å²) in [4.78, 5) is -0.177. The fourth-order valence-electron chi connectivity index (χ4n) is 2.35. The second-order valence-electron chi connectivity index (χ2n) is 5.54. The number of rotatable bonds is 6. The average Bonchev–Trinajstić information content (AvgIpc) is 3.17. The molecule has 0 fully saturated rings. The molecule has 0 aliphatic heterocycles. The molecule has 26 heavy (non-hydrogen) atoms. The topological polar surface area (TPSA) is 79.5 Å². The third-order valence-corrected chi connectivity index (χ3v) is 5.48. The van der Waals surface area contributed by atoms with Crippen LogP contribution in [0.5, 0.6) is 0 Å². The van der Waals surface area contributed by atoms with Crippen LogP contribution in [-0.2, 0) is 10.0 Å². The molecule has 0 spiro atoms. The Labute approximate surface area is 155 Å². The molecule has 0 saturated heterocycles. The highest BCUT2D eigenvalue weighted by atomic mass is 35.5. The summed E-state index contributed by atoms with van der Waals surface area (Å²) >= 11 is 5.61. The zero-order valence-electron chi connectivity index (χ0n) is 13.4. The Bertz CT molecular complexity index is 989. The van der Waals surface area contributed by atoms with E-state index in [0.29, 0.717) is 11.3 Å². The molecule has 1 heterocycles. The highest BCUT2D eigenvalue weighted by Crippen LogP contribution is 2.23. The van der Waals surface area contributed by atoms with Crippen molar-refractivity contribution in [1.82, 2.24) is 4.72 Å². The summed E-state index contributed by atoms with van der Waals surface area (Å²) in [6.07, 6.45) is 0.514. The van der Waals surface area contributed by atoms with Gasteiger partial charge in [-0.15, -0.1) is 0 Å². The van der Waals surface area contributed by atoms with E-state index in [-0.39, 0.29) is 16.5 Å². The van der Waals surface area contributed by atoms with Gasteiger partial charge in [-0.05, 0) is 35.9 Å². The second kappa shape index (κ2) is 7.59. The second-order valence-corrected chi connectivity index (χ2v) is 7.72. The summed E-state index contributed by atoms with van der Waals surface area (Å²) in [5.74, 6) is -0.0118. The summed E-state index contributed by atoms with van der Waals surface area (Å²) in [7, 11) is -3.92. The molecule has 1 atom stereocenters. The largest absolute Gasteiger partial charge is 0.464 e. The minimum absolute atomic E-state index is 0.177. The number of benzene rings is 2. The molecule has 0 unspecified atom stereocenters. The highest BCUT2D eigenvalue weighted by Gasteiger charge is 2.18. The van der Waals surface area contributed by atoms with Crippen LogP contribution in [0.4, 0.5) is 4.39 Å². The number of hydrogen-bond donors (Lipinski definition) is 2. The van der Waals surface area contributed by atoms with E-state index < -0.39 is 21.9 Å². The van der Waals surface area contributed by atoms with E-state index in [1.54, 1.807) is 36.6 Å². The molecule has 8 heteroatoms. The molecule has 5 nitrogen and oxygen atoms in total. The molecule has 136 valence electrons. The lowest BCUT2D eigenvalue weighted by Crippen LogP contribution is -2.28. The smallest absolute Gasteiger partial charge is 0.240 e. The van der Waals surface area contributed by atoms with Crippen LogP contribution in [0.1, 0.15) is 11.7 Å². The Hall–Kier alpha value is -2.19. The lowest BCUT2D eigenvalue weighted by Gasteiger charge is -2.13. The lowest BCUT2D eigenvalue weighted by molar-refractivity contribution is 0.182. The maximum Gasteiger partial charge on any atom is 0.240 e. The SMILES string of the molecule is O=S(=O)(NC[C@@H](O)c1ccc(-c2ccco2)cc1)c1ccc(F)c(Cl)c1. The summed E-state index contributed by atoms with van der Waals surface area (Å²) in [6.45, 7) is -0.239. The van der Waals surface area contributed by atoms with Crippen molar-refractivity contribution in [2.45, 2.75) is 11.0 Å². The maximum absolute atomic E-state index is 13.2. The van der Waals surface area contributed by atoms with Crippen LogP contribution in [0.15, 0.2) is 70.2 Å². The van der Waals surface area contributed by atoms with Gasteiger partial charge in [0.2, 0.25) is 10.0 Å². The van der Waals surface area contributed by atoms with Crippen molar-refractivity contribution in [3.63, 3.8) is 0 Å². The zero-order valence-corrected chi connectivity index (χ0v) is 15.0. The number of sulfonamides is 1. The van der Waals surface area contributed by atoms with Crippen molar-refractivity contribution in [2.24, 2.45) is 0 Å². The van der Waals surface area contributed by atoms with E-state index in [1.165, 1.54) is 0 Å². The van der Waals surface area contributed by atoms with E-state index in [1.807, 2.05) is 6.07 Å². The molecular formula is C18H15ClFNO4S. The van der Waals surface area contributed by atoms with Gasteiger partial charge in [-0.25, -0.2) is 17.5 Å². The highest BCUT2D eigenvalue weighted by molar-refractivity contribution is 7.89. The first-order valence-corrected chi connectivity index (χ1v) is 9.49. The van der Waals surface area contributed by atoms with Crippen molar-refractivity contribution in [1.29, 1.82) is 0 Å². The lowest BCUT2D eigenvalue weighted by atomic mass is 10.1. The Morgan fingerprint density at radius 2 is 1.88 bits per heavy atom. The molecule has 3 aromatic rings. The van der Waals surface area contributed by atoms with Gasteiger partial charge >= 0.3 is 0 Å². The van der Waals surface area contributed by atoms with Crippen molar-refractivity contribution in [3.05, 3.63) is 77.3 Å². The fourth-order valence-corrected chi connectivity index (χ4v) is 3.66. The van der Waals surface area contributed by atoms with Crippen molar-refractivity contribution in [3.8, 4) is 11.3 Å². The van der Waals surface area contributed by atoms with Gasteiger partial charge in [-0.2, -0.15) is 0 Å². The molecule has 0 radical (unpaired) electrons. The summed E-state index contributed by atoms with van der Waals surface area (Å²) in [5.41, 5.74) is 1.38.